The van der Waals surface area contributed by atoms with E-state index in [-0.39, 0.29) is 24.7 Å². The first-order valence-corrected chi connectivity index (χ1v) is 8.76. The minimum Gasteiger partial charge on any atom is -0.508 e. The van der Waals surface area contributed by atoms with Crippen LogP contribution in [0.5, 0.6) is 5.75 Å². The fraction of sp³-hybridized carbons (Fsp3) is 0.238. The quantitative estimate of drug-likeness (QED) is 0.585. The molecule has 6 heteroatoms. The van der Waals surface area contributed by atoms with E-state index < -0.39 is 11.5 Å². The zero-order valence-electron chi connectivity index (χ0n) is 15.3. The molecule has 0 fully saturated rings. The minimum atomic E-state index is -1.25. The molecule has 1 atom stereocenters. The molecule has 140 valence electrons. The zero-order chi connectivity index (χ0) is 19.4. The van der Waals surface area contributed by atoms with E-state index in [2.05, 4.69) is 10.3 Å². The third-order valence-corrected chi connectivity index (χ3v) is 4.45. The Morgan fingerprint density at radius 1 is 1.15 bits per heavy atom. The summed E-state index contributed by atoms with van der Waals surface area (Å²) < 4.78 is 5.20. The average molecular weight is 366 g/mol. The third-order valence-electron chi connectivity index (χ3n) is 4.45. The second kappa shape index (κ2) is 7.53. The topological polar surface area (TPSA) is 91.4 Å². The van der Waals surface area contributed by atoms with Crippen LogP contribution in [0, 0.1) is 0 Å². The molecule has 0 aliphatic rings. The molecule has 0 saturated heterocycles. The molecule has 3 aromatic rings. The number of amides is 1. The van der Waals surface area contributed by atoms with Crippen molar-refractivity contribution in [2.24, 2.45) is 0 Å². The van der Waals surface area contributed by atoms with Crippen LogP contribution in [0.4, 0.5) is 0 Å². The number of hydrogen-bond donors (Lipinski definition) is 3. The lowest BCUT2D eigenvalue weighted by Crippen LogP contribution is -2.54. The molecule has 3 rings (SSSR count). The van der Waals surface area contributed by atoms with Gasteiger partial charge in [-0.1, -0.05) is 18.2 Å². The molecular weight excluding hydrogens is 344 g/mol. The van der Waals surface area contributed by atoms with Crippen molar-refractivity contribution >= 4 is 22.8 Å². The number of aromatic amines is 1. The SMILES string of the molecule is CCOC(=O)C(C)(Cc1ccc(O)cc1)NC(=O)c1cccc2[nH]ccc12. The molecule has 0 saturated carbocycles. The molecular formula is C21H22N2O4. The second-order valence-electron chi connectivity index (χ2n) is 6.59. The molecule has 0 spiro atoms. The predicted molar refractivity (Wildman–Crippen MR) is 103 cm³/mol. The fourth-order valence-electron chi connectivity index (χ4n) is 3.08. The second-order valence-corrected chi connectivity index (χ2v) is 6.59. The number of carbonyl (C=O) groups excluding carboxylic acids is 2. The van der Waals surface area contributed by atoms with Crippen LogP contribution in [-0.2, 0) is 16.0 Å². The molecule has 1 amide bonds. The van der Waals surface area contributed by atoms with E-state index in [1.165, 1.54) is 0 Å². The minimum absolute atomic E-state index is 0.139. The van der Waals surface area contributed by atoms with E-state index in [9.17, 15) is 14.7 Å². The van der Waals surface area contributed by atoms with E-state index in [1.54, 1.807) is 56.4 Å². The van der Waals surface area contributed by atoms with Crippen molar-refractivity contribution in [3.63, 3.8) is 0 Å². The molecule has 6 nitrogen and oxygen atoms in total. The Bertz CT molecular complexity index is 962. The highest BCUT2D eigenvalue weighted by atomic mass is 16.5. The first-order chi connectivity index (χ1) is 12.9. The van der Waals surface area contributed by atoms with E-state index in [4.69, 9.17) is 4.74 Å². The summed E-state index contributed by atoms with van der Waals surface area (Å²) in [4.78, 5) is 28.6. The van der Waals surface area contributed by atoms with Crippen LogP contribution in [0.25, 0.3) is 10.9 Å². The predicted octanol–water partition coefficient (Wildman–Crippen LogP) is 3.17. The fourth-order valence-corrected chi connectivity index (χ4v) is 3.08. The monoisotopic (exact) mass is 366 g/mol. The average Bonchev–Trinajstić information content (AvgIpc) is 3.12. The molecule has 2 aromatic carbocycles. The number of rotatable bonds is 6. The molecule has 3 N–H and O–H groups in total. The van der Waals surface area contributed by atoms with Crippen LogP contribution in [0.2, 0.25) is 0 Å². The first-order valence-electron chi connectivity index (χ1n) is 8.76. The van der Waals surface area contributed by atoms with Gasteiger partial charge in [-0.15, -0.1) is 0 Å². The van der Waals surface area contributed by atoms with Crippen molar-refractivity contribution in [3.05, 3.63) is 65.9 Å². The van der Waals surface area contributed by atoms with Gasteiger partial charge in [0.05, 0.1) is 6.61 Å². The summed E-state index contributed by atoms with van der Waals surface area (Å²) in [5.41, 5.74) is 0.875. The smallest absolute Gasteiger partial charge is 0.331 e. The van der Waals surface area contributed by atoms with Crippen LogP contribution in [-0.4, -0.2) is 34.1 Å². The Labute approximate surface area is 157 Å². The summed E-state index contributed by atoms with van der Waals surface area (Å²) >= 11 is 0. The summed E-state index contributed by atoms with van der Waals surface area (Å²) in [5.74, 6) is -0.720. The Morgan fingerprint density at radius 2 is 1.89 bits per heavy atom. The van der Waals surface area contributed by atoms with Gasteiger partial charge >= 0.3 is 5.97 Å². The number of benzene rings is 2. The molecule has 1 heterocycles. The van der Waals surface area contributed by atoms with Crippen molar-refractivity contribution in [2.75, 3.05) is 6.61 Å². The van der Waals surface area contributed by atoms with Gasteiger partial charge in [0.1, 0.15) is 11.3 Å². The van der Waals surface area contributed by atoms with Crippen molar-refractivity contribution < 1.29 is 19.4 Å². The van der Waals surface area contributed by atoms with Gasteiger partial charge in [0.2, 0.25) is 0 Å². The number of phenolic OH excluding ortho intramolecular Hbond substituents is 1. The molecule has 0 bridgehead atoms. The number of ether oxygens (including phenoxy) is 1. The molecule has 0 aliphatic heterocycles. The zero-order valence-corrected chi connectivity index (χ0v) is 15.3. The number of esters is 1. The summed E-state index contributed by atoms with van der Waals surface area (Å²) in [6, 6.07) is 13.7. The van der Waals surface area contributed by atoms with E-state index in [1.807, 2.05) is 12.1 Å². The van der Waals surface area contributed by atoms with E-state index in [0.717, 1.165) is 16.5 Å². The highest BCUT2D eigenvalue weighted by Crippen LogP contribution is 2.21. The van der Waals surface area contributed by atoms with E-state index >= 15 is 0 Å². The van der Waals surface area contributed by atoms with Crippen LogP contribution < -0.4 is 5.32 Å². The maximum atomic E-state index is 13.0. The molecule has 1 unspecified atom stereocenters. The summed E-state index contributed by atoms with van der Waals surface area (Å²) in [6.07, 6.45) is 2.00. The maximum Gasteiger partial charge on any atom is 0.331 e. The maximum absolute atomic E-state index is 13.0. The number of aromatic nitrogens is 1. The number of fused-ring (bicyclic) bond motifs is 1. The molecule has 0 radical (unpaired) electrons. The van der Waals surface area contributed by atoms with Crippen molar-refractivity contribution in [2.45, 2.75) is 25.8 Å². The van der Waals surface area contributed by atoms with Gasteiger partial charge in [-0.2, -0.15) is 0 Å². The highest BCUT2D eigenvalue weighted by molar-refractivity contribution is 6.07. The standard InChI is InChI=1S/C21H22N2O4/c1-3-27-20(26)21(2,13-14-7-9-15(24)10-8-14)23-19(25)17-5-4-6-18-16(17)11-12-22-18/h4-12,22,24H,3,13H2,1-2H3,(H,23,25). The van der Waals surface area contributed by atoms with Gasteiger partial charge in [0.15, 0.2) is 0 Å². The number of nitrogens with one attached hydrogen (secondary N) is 2. The normalized spacial score (nSPS) is 13.1. The number of phenols is 1. The van der Waals surface area contributed by atoms with E-state index in [0.29, 0.717) is 5.56 Å². The van der Waals surface area contributed by atoms with Crippen molar-refractivity contribution in [3.8, 4) is 5.75 Å². The van der Waals surface area contributed by atoms with Gasteiger partial charge in [0, 0.05) is 29.1 Å². The Balaban J connectivity index is 1.90. The van der Waals surface area contributed by atoms with Gasteiger partial charge in [0.25, 0.3) is 5.91 Å². The Hall–Kier alpha value is -3.28. The number of hydrogen-bond acceptors (Lipinski definition) is 4. The number of carbonyl (C=O) groups is 2. The van der Waals surface area contributed by atoms with Crippen molar-refractivity contribution in [1.29, 1.82) is 0 Å². The van der Waals surface area contributed by atoms with Gasteiger partial charge in [-0.25, -0.2) is 4.79 Å². The molecule has 0 aliphatic carbocycles. The van der Waals surface area contributed by atoms with Gasteiger partial charge in [-0.3, -0.25) is 4.79 Å². The van der Waals surface area contributed by atoms with Crippen LogP contribution in [0.1, 0.15) is 29.8 Å². The first kappa shape index (κ1) is 18.5. The molecule has 1 aromatic heterocycles. The summed E-state index contributed by atoms with van der Waals surface area (Å²) in [5, 5.41) is 13.1. The largest absolute Gasteiger partial charge is 0.508 e. The summed E-state index contributed by atoms with van der Waals surface area (Å²) in [6.45, 7) is 3.58. The summed E-state index contributed by atoms with van der Waals surface area (Å²) in [7, 11) is 0. The number of aromatic hydroxyl groups is 1. The molecule has 27 heavy (non-hydrogen) atoms. The lowest BCUT2D eigenvalue weighted by atomic mass is 9.92. The van der Waals surface area contributed by atoms with Gasteiger partial charge < -0.3 is 20.1 Å². The highest BCUT2D eigenvalue weighted by Gasteiger charge is 2.37. The lowest BCUT2D eigenvalue weighted by Gasteiger charge is -2.29. The lowest BCUT2D eigenvalue weighted by molar-refractivity contribution is -0.150. The number of H-pyrrole nitrogens is 1. The Kier molecular flexibility index (Phi) is 5.16. The third kappa shape index (κ3) is 3.95. The van der Waals surface area contributed by atoms with Crippen molar-refractivity contribution in [1.82, 2.24) is 10.3 Å². The Morgan fingerprint density at radius 3 is 2.59 bits per heavy atom. The van der Waals surface area contributed by atoms with Crippen LogP contribution >= 0.6 is 0 Å². The van der Waals surface area contributed by atoms with Crippen LogP contribution in [0.15, 0.2) is 54.7 Å². The van der Waals surface area contributed by atoms with Gasteiger partial charge in [-0.05, 0) is 49.7 Å². The van der Waals surface area contributed by atoms with Crippen LogP contribution in [0.3, 0.4) is 0 Å².